The van der Waals surface area contributed by atoms with E-state index < -0.39 is 11.9 Å². The van der Waals surface area contributed by atoms with Gasteiger partial charge in [0, 0.05) is 10.6 Å². The minimum Gasteiger partial charge on any atom is -0.388 e. The zero-order valence-electron chi connectivity index (χ0n) is 10.7. The third-order valence-corrected chi connectivity index (χ3v) is 4.41. The normalized spacial score (nSPS) is 26.0. The molecule has 1 saturated carbocycles. The van der Waals surface area contributed by atoms with E-state index in [1.807, 2.05) is 0 Å². The van der Waals surface area contributed by atoms with Crippen LogP contribution in [0.4, 0.5) is 4.39 Å². The van der Waals surface area contributed by atoms with Crippen LogP contribution < -0.4 is 0 Å². The van der Waals surface area contributed by atoms with Gasteiger partial charge in [0.15, 0.2) is 0 Å². The van der Waals surface area contributed by atoms with Crippen LogP contribution in [0.5, 0.6) is 0 Å². The Bertz CT molecular complexity index is 407. The Balaban J connectivity index is 2.20. The number of hydrogen-bond donors (Lipinski definition) is 1. The van der Waals surface area contributed by atoms with E-state index in [4.69, 9.17) is 11.6 Å². The van der Waals surface area contributed by atoms with Gasteiger partial charge in [0.25, 0.3) is 0 Å². The Labute approximate surface area is 113 Å². The van der Waals surface area contributed by atoms with Crippen LogP contribution in [0.25, 0.3) is 0 Å². The molecule has 1 nitrogen and oxygen atoms in total. The monoisotopic (exact) mass is 270 g/mol. The lowest BCUT2D eigenvalue weighted by atomic mass is 9.73. The van der Waals surface area contributed by atoms with Gasteiger partial charge >= 0.3 is 0 Å². The van der Waals surface area contributed by atoms with Gasteiger partial charge in [-0.1, -0.05) is 50.3 Å². The smallest absolute Gasteiger partial charge is 0.130 e. The zero-order valence-corrected chi connectivity index (χ0v) is 11.5. The molecule has 0 aromatic heterocycles. The second-order valence-electron chi connectivity index (χ2n) is 5.23. The van der Waals surface area contributed by atoms with Crippen molar-refractivity contribution in [2.45, 2.75) is 45.1 Å². The summed E-state index contributed by atoms with van der Waals surface area (Å²) in [7, 11) is 0. The third-order valence-electron chi connectivity index (χ3n) is 4.18. The van der Waals surface area contributed by atoms with E-state index in [0.29, 0.717) is 16.5 Å². The van der Waals surface area contributed by atoms with Crippen LogP contribution in [-0.4, -0.2) is 5.11 Å². The molecule has 2 rings (SSSR count). The zero-order chi connectivity index (χ0) is 13.1. The maximum atomic E-state index is 13.8. The third kappa shape index (κ3) is 2.86. The van der Waals surface area contributed by atoms with Crippen molar-refractivity contribution in [3.63, 3.8) is 0 Å². The molecule has 0 spiro atoms. The van der Waals surface area contributed by atoms with Gasteiger partial charge in [-0.05, 0) is 30.4 Å². The van der Waals surface area contributed by atoms with Gasteiger partial charge in [0.1, 0.15) is 5.82 Å². The molecule has 1 N–H and O–H groups in total. The lowest BCUT2D eigenvalue weighted by Gasteiger charge is -2.34. The largest absolute Gasteiger partial charge is 0.388 e. The fraction of sp³-hybridized carbons (Fsp3) is 0.600. The van der Waals surface area contributed by atoms with E-state index in [0.717, 1.165) is 25.7 Å². The molecule has 0 aliphatic heterocycles. The number of aliphatic hydroxyl groups excluding tert-OH is 1. The molecule has 0 bridgehead atoms. The summed E-state index contributed by atoms with van der Waals surface area (Å²) in [5.74, 6) is 0.290. The summed E-state index contributed by atoms with van der Waals surface area (Å²) < 4.78 is 13.8. The maximum Gasteiger partial charge on any atom is 0.130 e. The standard InChI is InChI=1S/C15H20ClFO/c1-2-10-5-3-4-6-12(10)15(18)13-8-7-11(16)9-14(13)17/h7-10,12,15,18H,2-6H2,1H3. The van der Waals surface area contributed by atoms with Crippen molar-refractivity contribution < 1.29 is 9.50 Å². The Hall–Kier alpha value is -0.600. The second-order valence-corrected chi connectivity index (χ2v) is 5.66. The van der Waals surface area contributed by atoms with Crippen molar-refractivity contribution in [1.29, 1.82) is 0 Å². The Morgan fingerprint density at radius 1 is 1.39 bits per heavy atom. The molecule has 3 unspecified atom stereocenters. The fourth-order valence-electron chi connectivity index (χ4n) is 3.13. The first kappa shape index (κ1) is 13.8. The molecule has 3 atom stereocenters. The molecule has 1 fully saturated rings. The van der Waals surface area contributed by atoms with Crippen LogP contribution in [0.1, 0.15) is 50.7 Å². The van der Waals surface area contributed by atoms with E-state index in [9.17, 15) is 9.50 Å². The number of hydrogen-bond acceptors (Lipinski definition) is 1. The highest BCUT2D eigenvalue weighted by Gasteiger charge is 2.31. The van der Waals surface area contributed by atoms with Crippen LogP contribution in [0.15, 0.2) is 18.2 Å². The van der Waals surface area contributed by atoms with Gasteiger partial charge in [0.05, 0.1) is 6.10 Å². The van der Waals surface area contributed by atoms with Crippen LogP contribution in [0, 0.1) is 17.7 Å². The second kappa shape index (κ2) is 6.03. The van der Waals surface area contributed by atoms with Crippen LogP contribution in [0.2, 0.25) is 5.02 Å². The van der Waals surface area contributed by atoms with Gasteiger partial charge in [-0.15, -0.1) is 0 Å². The SMILES string of the molecule is CCC1CCCCC1C(O)c1ccc(Cl)cc1F. The van der Waals surface area contributed by atoms with Crippen molar-refractivity contribution in [2.24, 2.45) is 11.8 Å². The first-order valence-electron chi connectivity index (χ1n) is 6.76. The van der Waals surface area contributed by atoms with Gasteiger partial charge < -0.3 is 5.11 Å². The highest BCUT2D eigenvalue weighted by atomic mass is 35.5. The first-order valence-corrected chi connectivity index (χ1v) is 7.14. The van der Waals surface area contributed by atoms with Gasteiger partial charge in [0.2, 0.25) is 0 Å². The van der Waals surface area contributed by atoms with Crippen molar-refractivity contribution in [3.05, 3.63) is 34.6 Å². The summed E-state index contributed by atoms with van der Waals surface area (Å²) in [5, 5.41) is 10.8. The molecule has 0 saturated heterocycles. The van der Waals surface area contributed by atoms with Crippen LogP contribution >= 0.6 is 11.6 Å². The predicted molar refractivity (Wildman–Crippen MR) is 72.1 cm³/mol. The van der Waals surface area contributed by atoms with Gasteiger partial charge in [-0.2, -0.15) is 0 Å². The topological polar surface area (TPSA) is 20.2 Å². The average Bonchev–Trinajstić information content (AvgIpc) is 2.38. The molecule has 1 aromatic carbocycles. The van der Waals surface area contributed by atoms with Crippen molar-refractivity contribution in [3.8, 4) is 0 Å². The van der Waals surface area contributed by atoms with E-state index in [1.54, 1.807) is 12.1 Å². The predicted octanol–water partition coefficient (Wildman–Crippen LogP) is 4.73. The summed E-state index contributed by atoms with van der Waals surface area (Å²) in [5.41, 5.74) is 0.393. The molecule has 1 aliphatic rings. The Morgan fingerprint density at radius 3 is 2.78 bits per heavy atom. The summed E-state index contributed by atoms with van der Waals surface area (Å²) in [6.45, 7) is 2.15. The molecule has 0 amide bonds. The minimum atomic E-state index is -0.701. The lowest BCUT2D eigenvalue weighted by molar-refractivity contribution is 0.0427. The van der Waals surface area contributed by atoms with Crippen LogP contribution in [-0.2, 0) is 0 Å². The van der Waals surface area contributed by atoms with Crippen molar-refractivity contribution in [2.75, 3.05) is 0 Å². The molecule has 1 aliphatic carbocycles. The highest BCUT2D eigenvalue weighted by molar-refractivity contribution is 6.30. The molecule has 18 heavy (non-hydrogen) atoms. The molecular weight excluding hydrogens is 251 g/mol. The van der Waals surface area contributed by atoms with Gasteiger partial charge in [-0.25, -0.2) is 4.39 Å². The van der Waals surface area contributed by atoms with Crippen molar-refractivity contribution in [1.82, 2.24) is 0 Å². The summed E-state index contributed by atoms with van der Waals surface area (Å²) >= 11 is 5.74. The quantitative estimate of drug-likeness (QED) is 0.842. The lowest BCUT2D eigenvalue weighted by Crippen LogP contribution is -2.25. The summed E-state index contributed by atoms with van der Waals surface area (Å²) in [6.07, 6.45) is 4.84. The summed E-state index contributed by atoms with van der Waals surface area (Å²) in [6, 6.07) is 4.54. The summed E-state index contributed by atoms with van der Waals surface area (Å²) in [4.78, 5) is 0. The highest BCUT2D eigenvalue weighted by Crippen LogP contribution is 2.40. The Kier molecular flexibility index (Phi) is 4.63. The first-order chi connectivity index (χ1) is 8.63. The number of benzene rings is 1. The molecule has 100 valence electrons. The number of rotatable bonds is 3. The van der Waals surface area contributed by atoms with Crippen LogP contribution in [0.3, 0.4) is 0 Å². The molecule has 0 radical (unpaired) electrons. The van der Waals surface area contributed by atoms with E-state index >= 15 is 0 Å². The molecular formula is C15H20ClFO. The Morgan fingerprint density at radius 2 is 2.11 bits per heavy atom. The number of halogens is 2. The van der Waals surface area contributed by atoms with E-state index in [1.165, 1.54) is 12.5 Å². The fourth-order valence-corrected chi connectivity index (χ4v) is 3.29. The number of aliphatic hydroxyl groups is 1. The van der Waals surface area contributed by atoms with E-state index in [-0.39, 0.29) is 5.92 Å². The molecule has 3 heteroatoms. The average molecular weight is 271 g/mol. The molecule has 1 aromatic rings. The van der Waals surface area contributed by atoms with E-state index in [2.05, 4.69) is 6.92 Å². The molecule has 0 heterocycles. The maximum absolute atomic E-state index is 13.8. The minimum absolute atomic E-state index is 0.180. The van der Waals surface area contributed by atoms with Gasteiger partial charge in [-0.3, -0.25) is 0 Å². The van der Waals surface area contributed by atoms with Crippen molar-refractivity contribution >= 4 is 11.6 Å².